The Morgan fingerprint density at radius 3 is 2.25 bits per heavy atom. The number of nitrogens with zero attached hydrogens (tertiary/aromatic N) is 1. The molecule has 2 saturated heterocycles. The molecule has 44 heavy (non-hydrogen) atoms. The van der Waals surface area contributed by atoms with Gasteiger partial charge in [0.2, 0.25) is 5.91 Å². The predicted molar refractivity (Wildman–Crippen MR) is 178 cm³/mol. The Balaban J connectivity index is 1.41. The van der Waals surface area contributed by atoms with Gasteiger partial charge < -0.3 is 20.1 Å². The van der Waals surface area contributed by atoms with E-state index in [1.807, 2.05) is 0 Å². The lowest BCUT2D eigenvalue weighted by Gasteiger charge is -2.19. The number of urea groups is 1. The lowest BCUT2D eigenvalue weighted by atomic mass is 10.0. The Labute approximate surface area is 270 Å². The van der Waals surface area contributed by atoms with Crippen LogP contribution in [0.3, 0.4) is 0 Å². The molecule has 2 N–H and O–H groups in total. The maximum atomic E-state index is 12.6. The number of hydrogen-bond acceptors (Lipinski definition) is 7. The average Bonchev–Trinajstić information content (AvgIpc) is 3.56. The molecule has 2 rings (SSSR count). The van der Waals surface area contributed by atoms with Crippen LogP contribution in [0.5, 0.6) is 0 Å². The van der Waals surface area contributed by atoms with Crippen molar-refractivity contribution in [2.24, 2.45) is 0 Å². The van der Waals surface area contributed by atoms with Gasteiger partial charge in [0.1, 0.15) is 0 Å². The Morgan fingerprint density at radius 2 is 1.55 bits per heavy atom. The molecule has 0 spiro atoms. The second kappa shape index (κ2) is 24.1. The topological polar surface area (TPSA) is 114 Å². The van der Waals surface area contributed by atoms with Crippen LogP contribution in [0.1, 0.15) is 135 Å². The molecule has 0 radical (unpaired) electrons. The van der Waals surface area contributed by atoms with Crippen LogP contribution < -0.4 is 10.6 Å². The predicted octanol–water partition coefficient (Wildman–Crippen LogP) is 7.67. The quantitative estimate of drug-likeness (QED) is 0.0457. The molecule has 2 aliphatic heterocycles. The SMILES string of the molecule is CCCCCCCCC=CCCCCCCCC(=O)NCCCCOC(=O)N1C(=O)NC2C(CCCCC(=O)OC)SCC21. The van der Waals surface area contributed by atoms with Crippen molar-refractivity contribution in [2.75, 3.05) is 26.0 Å². The van der Waals surface area contributed by atoms with Gasteiger partial charge in [0, 0.05) is 30.4 Å². The fourth-order valence-corrected chi connectivity index (χ4v) is 7.38. The smallest absolute Gasteiger partial charge is 0.418 e. The summed E-state index contributed by atoms with van der Waals surface area (Å²) >= 11 is 1.75. The Morgan fingerprint density at radius 1 is 0.886 bits per heavy atom. The third kappa shape index (κ3) is 15.7. The van der Waals surface area contributed by atoms with E-state index in [0.29, 0.717) is 38.0 Å². The molecular formula is C34H59N3O6S. The minimum Gasteiger partial charge on any atom is -0.469 e. The van der Waals surface area contributed by atoms with Gasteiger partial charge in [-0.3, -0.25) is 9.59 Å². The second-order valence-electron chi connectivity index (χ2n) is 12.1. The Bertz CT molecular complexity index is 870. The number of allylic oxidation sites excluding steroid dienone is 2. The summed E-state index contributed by atoms with van der Waals surface area (Å²) in [4.78, 5) is 49.8. The van der Waals surface area contributed by atoms with E-state index in [4.69, 9.17) is 4.74 Å². The zero-order valence-electron chi connectivity index (χ0n) is 27.5. The lowest BCUT2D eigenvalue weighted by molar-refractivity contribution is -0.140. The number of fused-ring (bicyclic) bond motifs is 1. The van der Waals surface area contributed by atoms with Gasteiger partial charge >= 0.3 is 18.1 Å². The van der Waals surface area contributed by atoms with Crippen LogP contribution in [-0.2, 0) is 19.1 Å². The highest BCUT2D eigenvalue weighted by Crippen LogP contribution is 2.37. The molecule has 3 atom stereocenters. The van der Waals surface area contributed by atoms with Gasteiger partial charge in [-0.2, -0.15) is 11.8 Å². The average molecular weight is 638 g/mol. The summed E-state index contributed by atoms with van der Waals surface area (Å²) < 4.78 is 10.1. The fourth-order valence-electron chi connectivity index (χ4n) is 5.79. The number of carbonyl (C=O) groups excluding carboxylic acids is 4. The molecule has 0 aliphatic carbocycles. The molecule has 252 valence electrons. The summed E-state index contributed by atoms with van der Waals surface area (Å²) in [6.45, 7) is 3.03. The monoisotopic (exact) mass is 637 g/mol. The molecular weight excluding hydrogens is 578 g/mol. The van der Waals surface area contributed by atoms with Crippen LogP contribution in [0.2, 0.25) is 0 Å². The van der Waals surface area contributed by atoms with E-state index < -0.39 is 12.1 Å². The number of nitrogens with one attached hydrogen (secondary N) is 2. The number of rotatable bonds is 25. The number of carbonyl (C=O) groups is 4. The summed E-state index contributed by atoms with van der Waals surface area (Å²) in [5.41, 5.74) is 0. The molecule has 2 aliphatic rings. The molecule has 2 fully saturated rings. The second-order valence-corrected chi connectivity index (χ2v) is 13.4. The number of methoxy groups -OCH3 is 1. The van der Waals surface area contributed by atoms with Crippen molar-refractivity contribution in [3.8, 4) is 0 Å². The van der Waals surface area contributed by atoms with Crippen LogP contribution in [0.15, 0.2) is 12.2 Å². The molecule has 0 saturated carbocycles. The first-order chi connectivity index (χ1) is 21.5. The van der Waals surface area contributed by atoms with E-state index >= 15 is 0 Å². The summed E-state index contributed by atoms with van der Waals surface area (Å²) in [6, 6.07) is -0.690. The molecule has 3 unspecified atom stereocenters. The molecule has 2 heterocycles. The Kier molecular flexibility index (Phi) is 20.8. The highest BCUT2D eigenvalue weighted by atomic mass is 32.2. The van der Waals surface area contributed by atoms with Crippen LogP contribution in [0.25, 0.3) is 0 Å². The number of unbranched alkanes of at least 4 members (excludes halogenated alkanes) is 13. The number of ether oxygens (including phenoxy) is 2. The first-order valence-electron chi connectivity index (χ1n) is 17.3. The van der Waals surface area contributed by atoms with Gasteiger partial charge in [-0.05, 0) is 57.8 Å². The van der Waals surface area contributed by atoms with E-state index in [2.05, 4.69) is 34.4 Å². The molecule has 4 amide bonds. The van der Waals surface area contributed by atoms with Crippen molar-refractivity contribution in [1.82, 2.24) is 15.5 Å². The van der Waals surface area contributed by atoms with E-state index in [1.54, 1.807) is 11.8 Å². The van der Waals surface area contributed by atoms with Crippen molar-refractivity contribution in [3.05, 3.63) is 12.2 Å². The van der Waals surface area contributed by atoms with Crippen LogP contribution >= 0.6 is 11.8 Å². The lowest BCUT2D eigenvalue weighted by Crippen LogP contribution is -2.42. The van der Waals surface area contributed by atoms with Gasteiger partial charge in [0.15, 0.2) is 0 Å². The normalized spacial score (nSPS) is 19.3. The van der Waals surface area contributed by atoms with Crippen molar-refractivity contribution in [1.29, 1.82) is 0 Å². The maximum Gasteiger partial charge on any atom is 0.418 e. The van der Waals surface area contributed by atoms with Gasteiger partial charge in [-0.25, -0.2) is 14.5 Å². The standard InChI is InChI=1S/C34H59N3O6S/c1-3-4-5-6-7-8-9-10-11-12-13-14-15-16-17-23-30(38)35-25-20-21-26-43-34(41)37-28-27-44-29(32(28)36-33(37)40)22-18-19-24-31(39)42-2/h10-11,28-29,32H,3-9,12-27H2,1-2H3,(H,35,38)(H,36,40). The van der Waals surface area contributed by atoms with Crippen LogP contribution in [0, 0.1) is 0 Å². The summed E-state index contributed by atoms with van der Waals surface area (Å²) in [7, 11) is 1.39. The minimum absolute atomic E-state index is 0.0815. The van der Waals surface area contributed by atoms with E-state index in [1.165, 1.54) is 82.6 Å². The van der Waals surface area contributed by atoms with E-state index in [-0.39, 0.29) is 35.8 Å². The molecule has 0 aromatic carbocycles. The van der Waals surface area contributed by atoms with Gasteiger partial charge in [0.25, 0.3) is 0 Å². The molecule has 0 aromatic rings. The third-order valence-corrected chi connectivity index (χ3v) is 9.96. The largest absolute Gasteiger partial charge is 0.469 e. The molecule has 9 nitrogen and oxygen atoms in total. The minimum atomic E-state index is -0.602. The van der Waals surface area contributed by atoms with Crippen molar-refractivity contribution in [2.45, 2.75) is 153 Å². The third-order valence-electron chi connectivity index (χ3n) is 8.47. The zero-order chi connectivity index (χ0) is 31.8. The van der Waals surface area contributed by atoms with Crippen LogP contribution in [0.4, 0.5) is 9.59 Å². The first kappa shape index (κ1) is 38.0. The summed E-state index contributed by atoms with van der Waals surface area (Å²) in [5, 5.41) is 6.13. The number of thioether (sulfide) groups is 1. The highest BCUT2D eigenvalue weighted by Gasteiger charge is 2.50. The van der Waals surface area contributed by atoms with Crippen molar-refractivity contribution in [3.63, 3.8) is 0 Å². The number of esters is 1. The summed E-state index contributed by atoms with van der Waals surface area (Å²) in [5.74, 6) is 0.558. The maximum absolute atomic E-state index is 12.6. The van der Waals surface area contributed by atoms with Crippen molar-refractivity contribution >= 4 is 35.8 Å². The van der Waals surface area contributed by atoms with Gasteiger partial charge in [0.05, 0.1) is 25.8 Å². The van der Waals surface area contributed by atoms with E-state index in [9.17, 15) is 19.2 Å². The van der Waals surface area contributed by atoms with Crippen molar-refractivity contribution < 1.29 is 28.7 Å². The molecule has 10 heteroatoms. The fraction of sp³-hybridized carbons (Fsp3) is 0.824. The van der Waals surface area contributed by atoms with Gasteiger partial charge in [-0.1, -0.05) is 76.9 Å². The molecule has 0 aromatic heterocycles. The summed E-state index contributed by atoms with van der Waals surface area (Å²) in [6.07, 6.45) is 25.0. The number of hydrogen-bond donors (Lipinski definition) is 2. The van der Waals surface area contributed by atoms with E-state index in [0.717, 1.165) is 32.1 Å². The zero-order valence-corrected chi connectivity index (χ0v) is 28.3. The van der Waals surface area contributed by atoms with Crippen LogP contribution in [-0.4, -0.2) is 72.2 Å². The number of amides is 4. The van der Waals surface area contributed by atoms with Gasteiger partial charge in [-0.15, -0.1) is 0 Å². The Hall–Kier alpha value is -2.23. The molecule has 0 bridgehead atoms. The first-order valence-corrected chi connectivity index (χ1v) is 18.4. The number of imide groups is 1. The highest BCUT2D eigenvalue weighted by molar-refractivity contribution is 8.00.